The Labute approximate surface area is 89.3 Å². The number of methoxy groups -OCH3 is 1. The molecule has 0 fully saturated rings. The van der Waals surface area contributed by atoms with Crippen LogP contribution in [0.5, 0.6) is 5.75 Å². The average Bonchev–Trinajstić information content (AvgIpc) is 2.81. The van der Waals surface area contributed by atoms with Gasteiger partial charge in [-0.15, -0.1) is 0 Å². The SMILES string of the molecule is COc1ccccc1C(C)n1cccn1. The molecule has 0 saturated heterocycles. The van der Waals surface area contributed by atoms with Crippen molar-refractivity contribution in [3.63, 3.8) is 0 Å². The molecule has 1 aromatic heterocycles. The largest absolute Gasteiger partial charge is 0.496 e. The normalized spacial score (nSPS) is 12.4. The second kappa shape index (κ2) is 4.17. The highest BCUT2D eigenvalue weighted by Gasteiger charge is 2.11. The molecule has 0 spiro atoms. The van der Waals surface area contributed by atoms with Crippen LogP contribution >= 0.6 is 0 Å². The zero-order chi connectivity index (χ0) is 10.7. The van der Waals surface area contributed by atoms with Gasteiger partial charge >= 0.3 is 0 Å². The maximum Gasteiger partial charge on any atom is 0.124 e. The molecule has 1 unspecified atom stereocenters. The van der Waals surface area contributed by atoms with Gasteiger partial charge < -0.3 is 4.74 Å². The van der Waals surface area contributed by atoms with Gasteiger partial charge in [0.05, 0.1) is 13.2 Å². The quantitative estimate of drug-likeness (QED) is 0.764. The van der Waals surface area contributed by atoms with Crippen LogP contribution in [0.4, 0.5) is 0 Å². The Morgan fingerprint density at radius 2 is 2.07 bits per heavy atom. The predicted molar refractivity (Wildman–Crippen MR) is 59.0 cm³/mol. The molecule has 1 atom stereocenters. The number of rotatable bonds is 3. The van der Waals surface area contributed by atoms with Gasteiger partial charge in [-0.25, -0.2) is 0 Å². The molecule has 0 bridgehead atoms. The first-order valence-corrected chi connectivity index (χ1v) is 4.95. The van der Waals surface area contributed by atoms with Crippen LogP contribution in [-0.4, -0.2) is 16.9 Å². The lowest BCUT2D eigenvalue weighted by Crippen LogP contribution is -2.08. The number of aromatic nitrogens is 2. The number of benzene rings is 1. The van der Waals surface area contributed by atoms with Crippen molar-refractivity contribution in [3.8, 4) is 5.75 Å². The monoisotopic (exact) mass is 202 g/mol. The van der Waals surface area contributed by atoms with Gasteiger partial charge in [-0.3, -0.25) is 4.68 Å². The summed E-state index contributed by atoms with van der Waals surface area (Å²) in [4.78, 5) is 0. The summed E-state index contributed by atoms with van der Waals surface area (Å²) in [7, 11) is 1.69. The minimum absolute atomic E-state index is 0.191. The van der Waals surface area contributed by atoms with Gasteiger partial charge in [-0.05, 0) is 19.1 Å². The minimum atomic E-state index is 0.191. The molecule has 3 nitrogen and oxygen atoms in total. The lowest BCUT2D eigenvalue weighted by Gasteiger charge is -2.15. The van der Waals surface area contributed by atoms with Crippen molar-refractivity contribution in [3.05, 3.63) is 48.3 Å². The number of hydrogen-bond acceptors (Lipinski definition) is 2. The van der Waals surface area contributed by atoms with Gasteiger partial charge in [0.25, 0.3) is 0 Å². The van der Waals surface area contributed by atoms with Crippen LogP contribution in [0.15, 0.2) is 42.7 Å². The van der Waals surface area contributed by atoms with Crippen LogP contribution in [0.2, 0.25) is 0 Å². The highest BCUT2D eigenvalue weighted by Crippen LogP contribution is 2.26. The first-order chi connectivity index (χ1) is 7.33. The lowest BCUT2D eigenvalue weighted by molar-refractivity contribution is 0.400. The van der Waals surface area contributed by atoms with E-state index in [1.54, 1.807) is 13.3 Å². The summed E-state index contributed by atoms with van der Waals surface area (Å²) in [6.07, 6.45) is 3.74. The van der Waals surface area contributed by atoms with Crippen molar-refractivity contribution < 1.29 is 4.74 Å². The number of hydrogen-bond donors (Lipinski definition) is 0. The maximum atomic E-state index is 5.32. The Morgan fingerprint density at radius 3 is 2.73 bits per heavy atom. The Bertz CT molecular complexity index is 423. The fourth-order valence-corrected chi connectivity index (χ4v) is 1.66. The van der Waals surface area contributed by atoms with Gasteiger partial charge in [0.2, 0.25) is 0 Å². The van der Waals surface area contributed by atoms with E-state index in [-0.39, 0.29) is 6.04 Å². The standard InChI is InChI=1S/C12H14N2O/c1-10(14-9-5-8-13-14)11-6-3-4-7-12(11)15-2/h3-10H,1-2H3. The van der Waals surface area contributed by atoms with E-state index in [4.69, 9.17) is 4.74 Å². The maximum absolute atomic E-state index is 5.32. The van der Waals surface area contributed by atoms with E-state index in [1.165, 1.54) is 0 Å². The molecule has 2 aromatic rings. The van der Waals surface area contributed by atoms with E-state index in [1.807, 2.05) is 35.1 Å². The van der Waals surface area contributed by atoms with Gasteiger partial charge in [0.15, 0.2) is 0 Å². The van der Waals surface area contributed by atoms with E-state index in [2.05, 4.69) is 18.1 Å². The van der Waals surface area contributed by atoms with E-state index in [9.17, 15) is 0 Å². The average molecular weight is 202 g/mol. The van der Waals surface area contributed by atoms with Crippen LogP contribution < -0.4 is 4.74 Å². The van der Waals surface area contributed by atoms with Crippen molar-refractivity contribution in [2.75, 3.05) is 7.11 Å². The summed E-state index contributed by atoms with van der Waals surface area (Å²) in [5.41, 5.74) is 1.14. The molecule has 0 aliphatic carbocycles. The lowest BCUT2D eigenvalue weighted by atomic mass is 10.1. The van der Waals surface area contributed by atoms with Crippen molar-refractivity contribution >= 4 is 0 Å². The summed E-state index contributed by atoms with van der Waals surface area (Å²) in [5.74, 6) is 0.903. The summed E-state index contributed by atoms with van der Waals surface area (Å²) in [6.45, 7) is 2.10. The molecule has 0 aliphatic heterocycles. The molecule has 15 heavy (non-hydrogen) atoms. The Morgan fingerprint density at radius 1 is 1.27 bits per heavy atom. The van der Waals surface area contributed by atoms with Crippen molar-refractivity contribution in [1.29, 1.82) is 0 Å². The molecule has 1 aromatic carbocycles. The third-order valence-corrected chi connectivity index (χ3v) is 2.51. The summed E-state index contributed by atoms with van der Waals surface area (Å²) >= 11 is 0. The minimum Gasteiger partial charge on any atom is -0.496 e. The van der Waals surface area contributed by atoms with Crippen molar-refractivity contribution in [2.45, 2.75) is 13.0 Å². The third-order valence-electron chi connectivity index (χ3n) is 2.51. The van der Waals surface area contributed by atoms with Crippen LogP contribution in [0.25, 0.3) is 0 Å². The Hall–Kier alpha value is -1.77. The van der Waals surface area contributed by atoms with E-state index in [0.29, 0.717) is 0 Å². The van der Waals surface area contributed by atoms with Gasteiger partial charge in [-0.2, -0.15) is 5.10 Å². The molecule has 3 heteroatoms. The zero-order valence-corrected chi connectivity index (χ0v) is 8.92. The van der Waals surface area contributed by atoms with Crippen LogP contribution in [0, 0.1) is 0 Å². The van der Waals surface area contributed by atoms with Crippen molar-refractivity contribution in [1.82, 2.24) is 9.78 Å². The number of para-hydroxylation sites is 1. The first kappa shape index (κ1) is 9.77. The molecular formula is C12H14N2O. The molecule has 1 heterocycles. The van der Waals surface area contributed by atoms with Gasteiger partial charge in [-0.1, -0.05) is 18.2 Å². The second-order valence-electron chi connectivity index (χ2n) is 3.40. The van der Waals surface area contributed by atoms with E-state index < -0.39 is 0 Å². The Balaban J connectivity index is 2.37. The molecule has 0 N–H and O–H groups in total. The van der Waals surface area contributed by atoms with E-state index in [0.717, 1.165) is 11.3 Å². The van der Waals surface area contributed by atoms with Crippen molar-refractivity contribution in [2.24, 2.45) is 0 Å². The zero-order valence-electron chi connectivity index (χ0n) is 8.92. The molecule has 2 rings (SSSR count). The fourth-order valence-electron chi connectivity index (χ4n) is 1.66. The smallest absolute Gasteiger partial charge is 0.124 e. The number of ether oxygens (including phenoxy) is 1. The molecule has 0 aliphatic rings. The molecule has 0 saturated carbocycles. The molecule has 0 amide bonds. The van der Waals surface area contributed by atoms with Crippen LogP contribution in [0.1, 0.15) is 18.5 Å². The first-order valence-electron chi connectivity index (χ1n) is 4.95. The number of nitrogens with zero attached hydrogens (tertiary/aromatic N) is 2. The highest BCUT2D eigenvalue weighted by atomic mass is 16.5. The molecular weight excluding hydrogens is 188 g/mol. The van der Waals surface area contributed by atoms with Crippen LogP contribution in [-0.2, 0) is 0 Å². The summed E-state index contributed by atoms with van der Waals surface area (Å²) in [5, 5.41) is 4.23. The van der Waals surface area contributed by atoms with Crippen LogP contribution in [0.3, 0.4) is 0 Å². The van der Waals surface area contributed by atoms with E-state index >= 15 is 0 Å². The molecule has 78 valence electrons. The van der Waals surface area contributed by atoms with Gasteiger partial charge in [0, 0.05) is 18.0 Å². The summed E-state index contributed by atoms with van der Waals surface area (Å²) in [6, 6.07) is 10.1. The molecule has 0 radical (unpaired) electrons. The highest BCUT2D eigenvalue weighted by molar-refractivity contribution is 5.35. The predicted octanol–water partition coefficient (Wildman–Crippen LogP) is 2.50. The second-order valence-corrected chi connectivity index (χ2v) is 3.40. The Kier molecular flexibility index (Phi) is 2.72. The van der Waals surface area contributed by atoms with Gasteiger partial charge in [0.1, 0.15) is 5.75 Å². The fraction of sp³-hybridized carbons (Fsp3) is 0.250. The topological polar surface area (TPSA) is 27.1 Å². The third kappa shape index (κ3) is 1.86. The summed E-state index contributed by atoms with van der Waals surface area (Å²) < 4.78 is 7.24.